The number of benzene rings is 1. The minimum atomic E-state index is -0.383. The van der Waals surface area contributed by atoms with Crippen molar-refractivity contribution in [2.45, 2.75) is 32.9 Å². The second-order valence-corrected chi connectivity index (χ2v) is 6.89. The molecule has 0 spiro atoms. The lowest BCUT2D eigenvalue weighted by Crippen LogP contribution is -2.25. The van der Waals surface area contributed by atoms with Gasteiger partial charge in [-0.1, -0.05) is 17.3 Å². The lowest BCUT2D eigenvalue weighted by molar-refractivity contribution is -0.115. The monoisotopic (exact) mass is 347 g/mol. The minimum Gasteiger partial charge on any atom is -0.360 e. The number of hydrogen-bond donors (Lipinski definition) is 2. The van der Waals surface area contributed by atoms with Gasteiger partial charge in [-0.25, -0.2) is 0 Å². The second-order valence-electron chi connectivity index (χ2n) is 5.56. The smallest absolute Gasteiger partial charge is 0.238 e. The number of nitrogens with one attached hydrogen (secondary N) is 2. The van der Waals surface area contributed by atoms with Gasteiger partial charge in [-0.05, 0) is 44.9 Å². The highest BCUT2D eigenvalue weighted by Gasteiger charge is 2.17. The molecule has 2 N–H and O–H groups in total. The molecule has 0 radical (unpaired) electrons. The van der Waals surface area contributed by atoms with E-state index in [1.54, 1.807) is 19.9 Å². The fourth-order valence-corrected chi connectivity index (χ4v) is 2.69. The van der Waals surface area contributed by atoms with Crippen molar-refractivity contribution in [2.24, 2.45) is 0 Å². The third kappa shape index (κ3) is 4.86. The fraction of sp³-hybridized carbons (Fsp3) is 0.353. The fourth-order valence-electron chi connectivity index (χ4n) is 2.00. The van der Waals surface area contributed by atoms with Gasteiger partial charge in [0.2, 0.25) is 11.8 Å². The molecule has 0 aliphatic rings. The second kappa shape index (κ2) is 8.01. The Morgan fingerprint density at radius 2 is 2.00 bits per heavy atom. The zero-order chi connectivity index (χ0) is 17.7. The van der Waals surface area contributed by atoms with Gasteiger partial charge in [-0.3, -0.25) is 9.59 Å². The molecule has 24 heavy (non-hydrogen) atoms. The van der Waals surface area contributed by atoms with E-state index < -0.39 is 0 Å². The topological polar surface area (TPSA) is 84.2 Å². The van der Waals surface area contributed by atoms with E-state index in [1.165, 1.54) is 11.8 Å². The number of aromatic nitrogens is 1. The normalized spacial score (nSPS) is 11.8. The Kier molecular flexibility index (Phi) is 6.03. The lowest BCUT2D eigenvalue weighted by atomic mass is 10.1. The number of nitrogens with zero attached hydrogens (tertiary/aromatic N) is 1. The van der Waals surface area contributed by atoms with E-state index in [-0.39, 0.29) is 22.8 Å². The highest BCUT2D eigenvalue weighted by atomic mass is 32.2. The van der Waals surface area contributed by atoms with Gasteiger partial charge >= 0.3 is 0 Å². The van der Waals surface area contributed by atoms with Gasteiger partial charge in [0.1, 0.15) is 5.76 Å². The quantitative estimate of drug-likeness (QED) is 0.837. The van der Waals surface area contributed by atoms with E-state index in [0.29, 0.717) is 11.6 Å². The Morgan fingerprint density at radius 1 is 1.25 bits per heavy atom. The van der Waals surface area contributed by atoms with Gasteiger partial charge in [0.15, 0.2) is 5.82 Å². The van der Waals surface area contributed by atoms with Crippen LogP contribution >= 0.6 is 11.8 Å². The van der Waals surface area contributed by atoms with E-state index in [1.807, 2.05) is 32.0 Å². The van der Waals surface area contributed by atoms with E-state index in [9.17, 15) is 9.59 Å². The number of carbonyl (C=O) groups excluding carboxylic acids is 2. The summed E-state index contributed by atoms with van der Waals surface area (Å²) in [4.78, 5) is 24.1. The van der Waals surface area contributed by atoms with Crippen LogP contribution in [-0.2, 0) is 9.59 Å². The van der Waals surface area contributed by atoms with Crippen molar-refractivity contribution >= 4 is 35.1 Å². The van der Waals surface area contributed by atoms with Gasteiger partial charge in [0.25, 0.3) is 0 Å². The minimum absolute atomic E-state index is 0.134. The van der Waals surface area contributed by atoms with Gasteiger partial charge < -0.3 is 15.2 Å². The standard InChI is InChI=1S/C17H21N3O3S/c1-10-6-5-7-14(12(10)3)18-16(21)9-24-13(4)17(22)19-15-8-11(2)23-20-15/h5-8,13H,9H2,1-4H3,(H,18,21)(H,19,20,22). The molecule has 1 unspecified atom stereocenters. The van der Waals surface area contributed by atoms with Crippen LogP contribution in [-0.4, -0.2) is 28.0 Å². The van der Waals surface area contributed by atoms with Crippen LogP contribution in [0.1, 0.15) is 23.8 Å². The molecule has 7 heteroatoms. The van der Waals surface area contributed by atoms with Crippen LogP contribution in [0.2, 0.25) is 0 Å². The number of amides is 2. The first-order chi connectivity index (χ1) is 11.4. The molecule has 0 aliphatic carbocycles. The van der Waals surface area contributed by atoms with Gasteiger partial charge in [-0.2, -0.15) is 0 Å². The van der Waals surface area contributed by atoms with E-state index in [4.69, 9.17) is 4.52 Å². The van der Waals surface area contributed by atoms with Crippen molar-refractivity contribution in [3.8, 4) is 0 Å². The van der Waals surface area contributed by atoms with Crippen LogP contribution in [0.3, 0.4) is 0 Å². The Labute approximate surface area is 145 Å². The molecule has 1 aromatic carbocycles. The predicted molar refractivity (Wildman–Crippen MR) is 96.3 cm³/mol. The summed E-state index contributed by atoms with van der Waals surface area (Å²) in [6, 6.07) is 7.41. The zero-order valence-electron chi connectivity index (χ0n) is 14.2. The summed E-state index contributed by atoms with van der Waals surface area (Å²) in [6.07, 6.45) is 0. The first-order valence-corrected chi connectivity index (χ1v) is 8.63. The number of rotatable bonds is 6. The third-order valence-corrected chi connectivity index (χ3v) is 4.73. The molecule has 2 amide bonds. The van der Waals surface area contributed by atoms with Crippen LogP contribution in [0.25, 0.3) is 0 Å². The number of hydrogen-bond acceptors (Lipinski definition) is 5. The maximum atomic E-state index is 12.1. The number of aryl methyl sites for hydroxylation is 2. The molecule has 0 bridgehead atoms. The highest BCUT2D eigenvalue weighted by molar-refractivity contribution is 8.01. The average molecular weight is 347 g/mol. The highest BCUT2D eigenvalue weighted by Crippen LogP contribution is 2.19. The molecule has 1 heterocycles. The van der Waals surface area contributed by atoms with Crippen LogP contribution in [0.5, 0.6) is 0 Å². The van der Waals surface area contributed by atoms with E-state index >= 15 is 0 Å². The average Bonchev–Trinajstić information content (AvgIpc) is 2.94. The van der Waals surface area contributed by atoms with Crippen LogP contribution < -0.4 is 10.6 Å². The molecule has 2 aromatic rings. The zero-order valence-corrected chi connectivity index (χ0v) is 15.0. The van der Waals surface area contributed by atoms with Crippen molar-refractivity contribution in [1.29, 1.82) is 0 Å². The van der Waals surface area contributed by atoms with Crippen molar-refractivity contribution in [3.63, 3.8) is 0 Å². The SMILES string of the molecule is Cc1cc(NC(=O)C(C)SCC(=O)Nc2cccc(C)c2C)no1. The first kappa shape index (κ1) is 18.1. The number of carbonyl (C=O) groups is 2. The summed E-state index contributed by atoms with van der Waals surface area (Å²) in [6.45, 7) is 7.46. The molecule has 0 saturated heterocycles. The van der Waals surface area contributed by atoms with Crippen LogP contribution in [0.4, 0.5) is 11.5 Å². The molecule has 1 aromatic heterocycles. The Morgan fingerprint density at radius 3 is 2.67 bits per heavy atom. The van der Waals surface area contributed by atoms with Crippen molar-refractivity contribution in [2.75, 3.05) is 16.4 Å². The summed E-state index contributed by atoms with van der Waals surface area (Å²) in [5.41, 5.74) is 2.97. The van der Waals surface area contributed by atoms with Crippen LogP contribution in [0.15, 0.2) is 28.8 Å². The molecule has 6 nitrogen and oxygen atoms in total. The summed E-state index contributed by atoms with van der Waals surface area (Å²) < 4.78 is 4.89. The summed E-state index contributed by atoms with van der Waals surface area (Å²) in [7, 11) is 0. The largest absolute Gasteiger partial charge is 0.360 e. The first-order valence-electron chi connectivity index (χ1n) is 7.58. The predicted octanol–water partition coefficient (Wildman–Crippen LogP) is 3.30. The van der Waals surface area contributed by atoms with Gasteiger partial charge in [0, 0.05) is 11.8 Å². The third-order valence-electron chi connectivity index (χ3n) is 3.59. The lowest BCUT2D eigenvalue weighted by Gasteiger charge is -2.12. The molecule has 0 saturated carbocycles. The van der Waals surface area contributed by atoms with Crippen molar-refractivity contribution in [3.05, 3.63) is 41.2 Å². The molecular weight excluding hydrogens is 326 g/mol. The van der Waals surface area contributed by atoms with Crippen LogP contribution in [0, 0.1) is 20.8 Å². The molecular formula is C17H21N3O3S. The molecule has 0 fully saturated rings. The van der Waals surface area contributed by atoms with E-state index in [0.717, 1.165) is 16.8 Å². The van der Waals surface area contributed by atoms with Gasteiger partial charge in [-0.15, -0.1) is 11.8 Å². The Bertz CT molecular complexity index is 742. The summed E-state index contributed by atoms with van der Waals surface area (Å²) in [5.74, 6) is 0.849. The molecule has 0 aliphatic heterocycles. The maximum Gasteiger partial charge on any atom is 0.238 e. The Balaban J connectivity index is 1.82. The summed E-state index contributed by atoms with van der Waals surface area (Å²) >= 11 is 1.27. The number of thioether (sulfide) groups is 1. The Hall–Kier alpha value is -2.28. The van der Waals surface area contributed by atoms with Crippen molar-refractivity contribution < 1.29 is 14.1 Å². The van der Waals surface area contributed by atoms with E-state index in [2.05, 4.69) is 15.8 Å². The molecule has 128 valence electrons. The van der Waals surface area contributed by atoms with Crippen molar-refractivity contribution in [1.82, 2.24) is 5.16 Å². The molecule has 2 rings (SSSR count). The maximum absolute atomic E-state index is 12.1. The number of anilines is 2. The molecule has 1 atom stereocenters. The van der Waals surface area contributed by atoms with Gasteiger partial charge in [0.05, 0.1) is 11.0 Å². The summed E-state index contributed by atoms with van der Waals surface area (Å²) in [5, 5.41) is 8.86.